The van der Waals surface area contributed by atoms with Crippen molar-refractivity contribution in [2.24, 2.45) is 0 Å². The molecular formula is C14H14O3S2. The van der Waals surface area contributed by atoms with E-state index < -0.39 is 9.84 Å². The number of ether oxygens (including phenoxy) is 1. The highest BCUT2D eigenvalue weighted by Gasteiger charge is 2.41. The van der Waals surface area contributed by atoms with E-state index in [0.29, 0.717) is 10.1 Å². The molecule has 1 aliphatic carbocycles. The van der Waals surface area contributed by atoms with Crippen LogP contribution >= 0.6 is 11.8 Å². The van der Waals surface area contributed by atoms with E-state index in [4.69, 9.17) is 4.74 Å². The summed E-state index contributed by atoms with van der Waals surface area (Å²) in [6.45, 7) is 0. The predicted molar refractivity (Wildman–Crippen MR) is 75.5 cm³/mol. The fourth-order valence-corrected chi connectivity index (χ4v) is 6.51. The Balaban J connectivity index is 1.88. The number of hydrogen-bond donors (Lipinski definition) is 0. The molecule has 1 saturated carbocycles. The van der Waals surface area contributed by atoms with Crippen molar-refractivity contribution >= 4 is 27.4 Å². The summed E-state index contributed by atoms with van der Waals surface area (Å²) in [6.07, 6.45) is 3.66. The lowest BCUT2D eigenvalue weighted by Crippen LogP contribution is -2.29. The summed E-state index contributed by atoms with van der Waals surface area (Å²) in [4.78, 5) is 1.33. The number of sulfone groups is 1. The molecule has 0 radical (unpaired) electrons. The average Bonchev–Trinajstić information content (AvgIpc) is 2.84. The van der Waals surface area contributed by atoms with Crippen molar-refractivity contribution in [3.63, 3.8) is 0 Å². The fraction of sp³-hybridized carbons (Fsp3) is 0.429. The second-order valence-electron chi connectivity index (χ2n) is 5.25. The lowest BCUT2D eigenvalue weighted by atomic mass is 10.1. The van der Waals surface area contributed by atoms with Crippen LogP contribution in [0.1, 0.15) is 24.8 Å². The Morgan fingerprint density at radius 3 is 2.95 bits per heavy atom. The largest absolute Gasteiger partial charge is 0.488 e. The molecule has 4 rings (SSSR count). The Labute approximate surface area is 117 Å². The molecule has 1 aromatic carbocycles. The van der Waals surface area contributed by atoms with Crippen LogP contribution in [0.2, 0.25) is 0 Å². The topological polar surface area (TPSA) is 43.4 Å². The van der Waals surface area contributed by atoms with E-state index in [1.807, 2.05) is 12.1 Å². The highest BCUT2D eigenvalue weighted by atomic mass is 32.2. The van der Waals surface area contributed by atoms with Gasteiger partial charge in [0.15, 0.2) is 9.84 Å². The molecule has 0 saturated heterocycles. The van der Waals surface area contributed by atoms with E-state index in [9.17, 15) is 8.42 Å². The van der Waals surface area contributed by atoms with Crippen molar-refractivity contribution in [3.05, 3.63) is 34.7 Å². The summed E-state index contributed by atoms with van der Waals surface area (Å²) >= 11 is 1.73. The SMILES string of the molecule is O=S1(=O)CC2=C(OC3CCCC3S2)c2ccccc21. The third-order valence-corrected chi connectivity index (χ3v) is 7.33. The van der Waals surface area contributed by atoms with Crippen molar-refractivity contribution in [1.82, 2.24) is 0 Å². The summed E-state index contributed by atoms with van der Waals surface area (Å²) in [5.41, 5.74) is 0.751. The zero-order valence-corrected chi connectivity index (χ0v) is 12.0. The van der Waals surface area contributed by atoms with Gasteiger partial charge in [0.25, 0.3) is 0 Å². The van der Waals surface area contributed by atoms with E-state index in [1.54, 1.807) is 23.9 Å². The summed E-state index contributed by atoms with van der Waals surface area (Å²) in [5, 5.41) is 0.444. The second kappa shape index (κ2) is 4.03. The standard InChI is InChI=1S/C14H14O3S2/c15-19(16)8-12-14(9-4-1-2-7-13(9)19)17-10-5-3-6-11(10)18-12/h1-2,4,7,10-11H,3,5-6,8H2. The molecule has 3 nitrogen and oxygen atoms in total. The quantitative estimate of drug-likeness (QED) is 0.738. The predicted octanol–water partition coefficient (Wildman–Crippen LogP) is 2.83. The molecule has 19 heavy (non-hydrogen) atoms. The number of rotatable bonds is 0. The lowest BCUT2D eigenvalue weighted by Gasteiger charge is -2.33. The molecular weight excluding hydrogens is 280 g/mol. The maximum absolute atomic E-state index is 12.3. The van der Waals surface area contributed by atoms with E-state index in [1.165, 1.54) is 6.42 Å². The highest BCUT2D eigenvalue weighted by molar-refractivity contribution is 8.05. The Morgan fingerprint density at radius 1 is 1.21 bits per heavy atom. The molecule has 0 N–H and O–H groups in total. The first kappa shape index (κ1) is 11.9. The maximum Gasteiger partial charge on any atom is 0.183 e. The molecule has 0 bridgehead atoms. The summed E-state index contributed by atoms with van der Waals surface area (Å²) < 4.78 is 30.8. The summed E-state index contributed by atoms with van der Waals surface area (Å²) in [5.74, 6) is 0.923. The average molecular weight is 294 g/mol. The van der Waals surface area contributed by atoms with Crippen molar-refractivity contribution in [2.45, 2.75) is 35.5 Å². The molecule has 2 aliphatic heterocycles. The van der Waals surface area contributed by atoms with E-state index in [-0.39, 0.29) is 11.9 Å². The van der Waals surface area contributed by atoms with E-state index >= 15 is 0 Å². The Hall–Kier alpha value is -0.940. The second-order valence-corrected chi connectivity index (χ2v) is 8.54. The molecule has 3 aliphatic rings. The summed E-state index contributed by atoms with van der Waals surface area (Å²) in [6, 6.07) is 7.19. The fourth-order valence-electron chi connectivity index (χ4n) is 3.10. The van der Waals surface area contributed by atoms with Gasteiger partial charge < -0.3 is 4.74 Å². The first-order valence-electron chi connectivity index (χ1n) is 6.54. The zero-order valence-electron chi connectivity index (χ0n) is 10.3. The minimum Gasteiger partial charge on any atom is -0.488 e. The number of hydrogen-bond acceptors (Lipinski definition) is 4. The molecule has 2 unspecified atom stereocenters. The first-order valence-corrected chi connectivity index (χ1v) is 9.07. The number of fused-ring (bicyclic) bond motifs is 3. The normalized spacial score (nSPS) is 31.2. The molecule has 0 amide bonds. The molecule has 2 atom stereocenters. The van der Waals surface area contributed by atoms with Crippen LogP contribution in [-0.4, -0.2) is 25.5 Å². The molecule has 0 aromatic heterocycles. The van der Waals surface area contributed by atoms with Crippen LogP contribution in [0.15, 0.2) is 34.1 Å². The summed E-state index contributed by atoms with van der Waals surface area (Å²) in [7, 11) is -3.20. The highest BCUT2D eigenvalue weighted by Crippen LogP contribution is 2.49. The molecule has 1 fully saturated rings. The Morgan fingerprint density at radius 2 is 2.05 bits per heavy atom. The van der Waals surface area contributed by atoms with Crippen LogP contribution in [0.5, 0.6) is 0 Å². The third kappa shape index (κ3) is 1.75. The van der Waals surface area contributed by atoms with Gasteiger partial charge in [-0.15, -0.1) is 11.8 Å². The minimum atomic E-state index is -3.20. The van der Waals surface area contributed by atoms with Gasteiger partial charge in [-0.3, -0.25) is 0 Å². The smallest absolute Gasteiger partial charge is 0.183 e. The van der Waals surface area contributed by atoms with Gasteiger partial charge in [0.05, 0.1) is 10.6 Å². The first-order chi connectivity index (χ1) is 9.15. The minimum absolute atomic E-state index is 0.104. The maximum atomic E-state index is 12.3. The Kier molecular flexibility index (Phi) is 2.51. The van der Waals surface area contributed by atoms with Gasteiger partial charge in [-0.1, -0.05) is 12.1 Å². The van der Waals surface area contributed by atoms with Gasteiger partial charge in [-0.25, -0.2) is 8.42 Å². The van der Waals surface area contributed by atoms with E-state index in [2.05, 4.69) is 0 Å². The van der Waals surface area contributed by atoms with Crippen molar-refractivity contribution in [2.75, 3.05) is 5.75 Å². The van der Waals surface area contributed by atoms with Crippen LogP contribution < -0.4 is 0 Å². The van der Waals surface area contributed by atoms with Crippen LogP contribution in [0, 0.1) is 0 Å². The van der Waals surface area contributed by atoms with Gasteiger partial charge in [-0.05, 0) is 31.4 Å². The van der Waals surface area contributed by atoms with Gasteiger partial charge in [0.2, 0.25) is 0 Å². The Bertz CT molecular complexity index is 676. The number of benzene rings is 1. The monoisotopic (exact) mass is 294 g/mol. The van der Waals surface area contributed by atoms with Crippen LogP contribution in [0.3, 0.4) is 0 Å². The number of thioether (sulfide) groups is 1. The lowest BCUT2D eigenvalue weighted by molar-refractivity contribution is 0.174. The van der Waals surface area contributed by atoms with Crippen LogP contribution in [0.4, 0.5) is 0 Å². The van der Waals surface area contributed by atoms with Crippen LogP contribution in [0.25, 0.3) is 5.76 Å². The zero-order chi connectivity index (χ0) is 13.0. The molecule has 2 heterocycles. The van der Waals surface area contributed by atoms with Crippen molar-refractivity contribution in [1.29, 1.82) is 0 Å². The molecule has 5 heteroatoms. The molecule has 1 aromatic rings. The van der Waals surface area contributed by atoms with Crippen molar-refractivity contribution < 1.29 is 13.2 Å². The molecule has 0 spiro atoms. The molecule has 100 valence electrons. The van der Waals surface area contributed by atoms with Crippen molar-refractivity contribution in [3.8, 4) is 0 Å². The van der Waals surface area contributed by atoms with Crippen LogP contribution in [-0.2, 0) is 14.6 Å². The van der Waals surface area contributed by atoms with Gasteiger partial charge in [0, 0.05) is 15.7 Å². The third-order valence-electron chi connectivity index (χ3n) is 4.00. The van der Waals surface area contributed by atoms with E-state index in [0.717, 1.165) is 29.1 Å². The van der Waals surface area contributed by atoms with Gasteiger partial charge >= 0.3 is 0 Å². The van der Waals surface area contributed by atoms with Gasteiger partial charge in [0.1, 0.15) is 11.9 Å². The van der Waals surface area contributed by atoms with Gasteiger partial charge in [-0.2, -0.15) is 0 Å².